The van der Waals surface area contributed by atoms with Crippen LogP contribution in [0.25, 0.3) is 0 Å². The fourth-order valence-corrected chi connectivity index (χ4v) is 4.17. The van der Waals surface area contributed by atoms with Crippen molar-refractivity contribution in [2.45, 2.75) is 11.8 Å². The first kappa shape index (κ1) is 21.0. The van der Waals surface area contributed by atoms with E-state index in [9.17, 15) is 9.59 Å². The van der Waals surface area contributed by atoms with Crippen LogP contribution in [0.2, 0.25) is 5.02 Å². The number of hydrogen-bond acceptors (Lipinski definition) is 5. The summed E-state index contributed by atoms with van der Waals surface area (Å²) in [6.45, 7) is 2.43. The number of ether oxygens (including phenoxy) is 1. The number of imide groups is 1. The SMILES string of the molecule is CCOc1ccc(N2C(=O)C(Nc3ccc(Cl)cc3)=C(Sc3ccccc3)C2=O)cc1. The van der Waals surface area contributed by atoms with E-state index in [0.29, 0.717) is 33.7 Å². The molecule has 0 spiro atoms. The van der Waals surface area contributed by atoms with Crippen LogP contribution < -0.4 is 15.0 Å². The van der Waals surface area contributed by atoms with Gasteiger partial charge in [0, 0.05) is 15.6 Å². The first-order valence-electron chi connectivity index (χ1n) is 9.68. The van der Waals surface area contributed by atoms with Gasteiger partial charge in [-0.1, -0.05) is 41.6 Å². The number of amides is 2. The summed E-state index contributed by atoms with van der Waals surface area (Å²) in [7, 11) is 0. The first-order chi connectivity index (χ1) is 15.1. The lowest BCUT2D eigenvalue weighted by molar-refractivity contribution is -0.120. The number of anilines is 2. The Kier molecular flexibility index (Phi) is 6.30. The van der Waals surface area contributed by atoms with Crippen molar-refractivity contribution in [3.8, 4) is 5.75 Å². The number of carbonyl (C=O) groups excluding carboxylic acids is 2. The second kappa shape index (κ2) is 9.29. The summed E-state index contributed by atoms with van der Waals surface area (Å²) in [6.07, 6.45) is 0. The van der Waals surface area contributed by atoms with E-state index in [0.717, 1.165) is 4.90 Å². The first-order valence-corrected chi connectivity index (χ1v) is 10.9. The van der Waals surface area contributed by atoms with Crippen molar-refractivity contribution in [1.82, 2.24) is 0 Å². The van der Waals surface area contributed by atoms with Gasteiger partial charge >= 0.3 is 0 Å². The molecule has 3 aromatic rings. The third-order valence-electron chi connectivity index (χ3n) is 4.52. The zero-order valence-corrected chi connectivity index (χ0v) is 18.2. The van der Waals surface area contributed by atoms with Crippen molar-refractivity contribution in [3.05, 3.63) is 94.5 Å². The summed E-state index contributed by atoms with van der Waals surface area (Å²) in [4.78, 5) is 29.0. The molecule has 31 heavy (non-hydrogen) atoms. The van der Waals surface area contributed by atoms with Crippen molar-refractivity contribution in [2.24, 2.45) is 0 Å². The molecular weight excluding hydrogens is 432 g/mol. The lowest BCUT2D eigenvalue weighted by atomic mass is 10.2. The Morgan fingerprint density at radius 3 is 2.23 bits per heavy atom. The van der Waals surface area contributed by atoms with Crippen LogP contribution in [0, 0.1) is 0 Å². The number of nitrogens with one attached hydrogen (secondary N) is 1. The molecule has 0 aliphatic carbocycles. The van der Waals surface area contributed by atoms with Crippen LogP contribution in [0.15, 0.2) is 94.4 Å². The highest BCUT2D eigenvalue weighted by Gasteiger charge is 2.40. The molecule has 156 valence electrons. The molecule has 1 N–H and O–H groups in total. The van der Waals surface area contributed by atoms with Crippen molar-refractivity contribution in [2.75, 3.05) is 16.8 Å². The predicted octanol–water partition coefficient (Wildman–Crippen LogP) is 5.73. The number of thioether (sulfide) groups is 1. The summed E-state index contributed by atoms with van der Waals surface area (Å²) in [5.74, 6) is -0.112. The van der Waals surface area contributed by atoms with E-state index in [1.54, 1.807) is 48.5 Å². The molecule has 7 heteroatoms. The van der Waals surface area contributed by atoms with Crippen molar-refractivity contribution in [3.63, 3.8) is 0 Å². The molecule has 0 saturated carbocycles. The van der Waals surface area contributed by atoms with Gasteiger partial charge in [0.15, 0.2) is 0 Å². The highest BCUT2D eigenvalue weighted by molar-refractivity contribution is 8.04. The smallest absolute Gasteiger partial charge is 0.283 e. The van der Waals surface area contributed by atoms with E-state index >= 15 is 0 Å². The number of nitrogens with zero attached hydrogens (tertiary/aromatic N) is 1. The van der Waals surface area contributed by atoms with Gasteiger partial charge in [-0.2, -0.15) is 0 Å². The van der Waals surface area contributed by atoms with Crippen LogP contribution in [-0.2, 0) is 9.59 Å². The molecule has 3 aromatic carbocycles. The van der Waals surface area contributed by atoms with Gasteiger partial charge in [-0.15, -0.1) is 0 Å². The third-order valence-corrected chi connectivity index (χ3v) is 5.87. The number of halogens is 1. The monoisotopic (exact) mass is 450 g/mol. The maximum absolute atomic E-state index is 13.3. The fraction of sp³-hybridized carbons (Fsp3) is 0.0833. The zero-order valence-electron chi connectivity index (χ0n) is 16.7. The average Bonchev–Trinajstić information content (AvgIpc) is 3.01. The van der Waals surface area contributed by atoms with E-state index < -0.39 is 5.91 Å². The minimum atomic E-state index is -0.414. The maximum atomic E-state index is 13.3. The summed E-state index contributed by atoms with van der Waals surface area (Å²) >= 11 is 7.23. The van der Waals surface area contributed by atoms with Crippen LogP contribution in [0.3, 0.4) is 0 Å². The molecule has 4 rings (SSSR count). The van der Waals surface area contributed by atoms with E-state index in [1.807, 2.05) is 37.3 Å². The molecule has 0 unspecified atom stereocenters. The van der Waals surface area contributed by atoms with Gasteiger partial charge in [-0.25, -0.2) is 4.90 Å². The van der Waals surface area contributed by atoms with Gasteiger partial charge in [-0.05, 0) is 67.6 Å². The molecule has 0 saturated heterocycles. The molecule has 0 radical (unpaired) electrons. The van der Waals surface area contributed by atoms with Gasteiger partial charge < -0.3 is 10.1 Å². The Morgan fingerprint density at radius 2 is 1.58 bits per heavy atom. The maximum Gasteiger partial charge on any atom is 0.283 e. The predicted molar refractivity (Wildman–Crippen MR) is 125 cm³/mol. The van der Waals surface area contributed by atoms with Crippen molar-refractivity contribution < 1.29 is 14.3 Å². The van der Waals surface area contributed by atoms with Crippen molar-refractivity contribution >= 4 is 46.6 Å². The topological polar surface area (TPSA) is 58.6 Å². The number of hydrogen-bond donors (Lipinski definition) is 1. The largest absolute Gasteiger partial charge is 0.494 e. The second-order valence-corrected chi connectivity index (χ2v) is 8.14. The quantitative estimate of drug-likeness (QED) is 0.466. The third kappa shape index (κ3) is 4.60. The van der Waals surface area contributed by atoms with Crippen LogP contribution in [0.1, 0.15) is 6.92 Å². The van der Waals surface area contributed by atoms with Gasteiger partial charge in [0.25, 0.3) is 11.8 Å². The average molecular weight is 451 g/mol. The Morgan fingerprint density at radius 1 is 0.903 bits per heavy atom. The van der Waals surface area contributed by atoms with E-state index in [-0.39, 0.29) is 11.6 Å². The second-order valence-electron chi connectivity index (χ2n) is 6.62. The molecule has 1 aliphatic rings. The van der Waals surface area contributed by atoms with Crippen LogP contribution >= 0.6 is 23.4 Å². The molecule has 0 fully saturated rings. The van der Waals surface area contributed by atoms with E-state index in [4.69, 9.17) is 16.3 Å². The summed E-state index contributed by atoms with van der Waals surface area (Å²) in [5.41, 5.74) is 1.38. The minimum absolute atomic E-state index is 0.232. The Labute approximate surface area is 189 Å². The molecule has 0 atom stereocenters. The Bertz CT molecular complexity index is 1130. The molecule has 1 heterocycles. The van der Waals surface area contributed by atoms with Crippen molar-refractivity contribution in [1.29, 1.82) is 0 Å². The Balaban J connectivity index is 1.69. The molecule has 2 amide bonds. The molecule has 5 nitrogen and oxygen atoms in total. The summed E-state index contributed by atoms with van der Waals surface area (Å²) < 4.78 is 5.46. The highest BCUT2D eigenvalue weighted by Crippen LogP contribution is 2.38. The fourth-order valence-electron chi connectivity index (χ4n) is 3.09. The van der Waals surface area contributed by atoms with Gasteiger partial charge in [0.1, 0.15) is 16.4 Å². The lowest BCUT2D eigenvalue weighted by Gasteiger charge is -2.16. The molecule has 0 bridgehead atoms. The number of rotatable bonds is 7. The normalized spacial score (nSPS) is 13.7. The van der Waals surface area contributed by atoms with Gasteiger partial charge in [-0.3, -0.25) is 9.59 Å². The van der Waals surface area contributed by atoms with Crippen LogP contribution in [0.5, 0.6) is 5.75 Å². The minimum Gasteiger partial charge on any atom is -0.494 e. The molecule has 0 aromatic heterocycles. The summed E-state index contributed by atoms with van der Waals surface area (Å²) in [5, 5.41) is 3.70. The van der Waals surface area contributed by atoms with E-state index in [2.05, 4.69) is 5.32 Å². The van der Waals surface area contributed by atoms with E-state index in [1.165, 1.54) is 16.7 Å². The number of carbonyl (C=O) groups is 2. The standard InChI is InChI=1S/C24H19ClN2O3S/c1-2-30-19-14-12-18(13-15-19)27-23(28)21(26-17-10-8-16(25)9-11-17)22(24(27)29)31-20-6-4-3-5-7-20/h3-15,26H,2H2,1H3. The van der Waals surface area contributed by atoms with Gasteiger partial charge in [0.05, 0.1) is 12.3 Å². The lowest BCUT2D eigenvalue weighted by Crippen LogP contribution is -2.32. The number of benzene rings is 3. The van der Waals surface area contributed by atoms with Crippen LogP contribution in [0.4, 0.5) is 11.4 Å². The molecular formula is C24H19ClN2O3S. The zero-order chi connectivity index (χ0) is 21.8. The van der Waals surface area contributed by atoms with Crippen LogP contribution in [-0.4, -0.2) is 18.4 Å². The highest BCUT2D eigenvalue weighted by atomic mass is 35.5. The summed E-state index contributed by atoms with van der Waals surface area (Å²) in [6, 6.07) is 23.3. The Hall–Kier alpha value is -3.22. The molecule has 1 aliphatic heterocycles. The van der Waals surface area contributed by atoms with Gasteiger partial charge in [0.2, 0.25) is 0 Å².